The molecule has 104 valence electrons. The van der Waals surface area contributed by atoms with E-state index in [4.69, 9.17) is 0 Å². The van der Waals surface area contributed by atoms with Gasteiger partial charge in [-0.15, -0.1) is 0 Å². The van der Waals surface area contributed by atoms with Crippen LogP contribution in [0.1, 0.15) is 35.4 Å². The van der Waals surface area contributed by atoms with Gasteiger partial charge < -0.3 is 10.4 Å². The van der Waals surface area contributed by atoms with Gasteiger partial charge in [-0.2, -0.15) is 0 Å². The van der Waals surface area contributed by atoms with Gasteiger partial charge in [0, 0.05) is 16.8 Å². The lowest BCUT2D eigenvalue weighted by Gasteiger charge is -2.14. The zero-order valence-corrected chi connectivity index (χ0v) is 11.1. The van der Waals surface area contributed by atoms with Crippen LogP contribution in [0.4, 0.5) is 10.1 Å². The van der Waals surface area contributed by atoms with Crippen LogP contribution in [0.3, 0.4) is 0 Å². The minimum Gasteiger partial charge on any atom is -0.388 e. The minimum absolute atomic E-state index is 0.333. The highest BCUT2D eigenvalue weighted by Gasteiger charge is 2.13. The first kappa shape index (κ1) is 14.2. The van der Waals surface area contributed by atoms with Crippen molar-refractivity contribution in [2.75, 3.05) is 5.32 Å². The zero-order valence-electron chi connectivity index (χ0n) is 11.1. The largest absolute Gasteiger partial charge is 0.388 e. The number of benzene rings is 2. The van der Waals surface area contributed by atoms with Gasteiger partial charge in [-0.1, -0.05) is 25.1 Å². The Kier molecular flexibility index (Phi) is 4.48. The van der Waals surface area contributed by atoms with Crippen LogP contribution in [0.15, 0.2) is 48.5 Å². The molecule has 0 bridgehead atoms. The summed E-state index contributed by atoms with van der Waals surface area (Å²) in [5.74, 6) is -0.718. The first-order valence-corrected chi connectivity index (χ1v) is 6.45. The third kappa shape index (κ3) is 3.22. The summed E-state index contributed by atoms with van der Waals surface area (Å²) in [5.41, 5.74) is 1.61. The maximum atomic E-state index is 12.8. The van der Waals surface area contributed by atoms with Crippen LogP contribution in [0.25, 0.3) is 0 Å². The molecule has 0 aliphatic heterocycles. The normalized spacial score (nSPS) is 11.9. The van der Waals surface area contributed by atoms with E-state index in [1.54, 1.807) is 18.2 Å². The second kappa shape index (κ2) is 6.30. The molecule has 2 N–H and O–H groups in total. The number of hydrogen-bond acceptors (Lipinski definition) is 2. The molecule has 1 unspecified atom stereocenters. The Bertz CT molecular complexity index is 596. The molecule has 1 amide bonds. The van der Waals surface area contributed by atoms with Gasteiger partial charge in [0.1, 0.15) is 5.82 Å². The molecule has 0 saturated carbocycles. The van der Waals surface area contributed by atoms with Gasteiger partial charge in [0.25, 0.3) is 5.91 Å². The number of rotatable bonds is 4. The van der Waals surface area contributed by atoms with Crippen molar-refractivity contribution >= 4 is 11.6 Å². The van der Waals surface area contributed by atoms with Crippen LogP contribution in [0.5, 0.6) is 0 Å². The number of amides is 1. The van der Waals surface area contributed by atoms with E-state index in [2.05, 4.69) is 5.32 Å². The summed E-state index contributed by atoms with van der Waals surface area (Å²) in [6.07, 6.45) is -0.0663. The summed E-state index contributed by atoms with van der Waals surface area (Å²) in [4.78, 5) is 12.1. The van der Waals surface area contributed by atoms with E-state index in [-0.39, 0.29) is 11.7 Å². The number of carbonyl (C=O) groups excluding carboxylic acids is 1. The summed E-state index contributed by atoms with van der Waals surface area (Å²) >= 11 is 0. The Morgan fingerprint density at radius 2 is 1.85 bits per heavy atom. The quantitative estimate of drug-likeness (QED) is 0.895. The second-order valence-corrected chi connectivity index (χ2v) is 4.47. The molecule has 0 aliphatic rings. The fourth-order valence-electron chi connectivity index (χ4n) is 1.92. The molecule has 2 rings (SSSR count). The number of para-hydroxylation sites is 1. The molecule has 0 aliphatic carbocycles. The molecule has 0 saturated heterocycles. The molecule has 0 heterocycles. The van der Waals surface area contributed by atoms with Crippen molar-refractivity contribution in [1.82, 2.24) is 0 Å². The van der Waals surface area contributed by atoms with Crippen molar-refractivity contribution in [3.63, 3.8) is 0 Å². The molecular weight excluding hydrogens is 257 g/mol. The van der Waals surface area contributed by atoms with Crippen molar-refractivity contribution in [2.24, 2.45) is 0 Å². The van der Waals surface area contributed by atoms with E-state index in [0.717, 1.165) is 0 Å². The molecule has 4 heteroatoms. The number of halogens is 1. The minimum atomic E-state index is -0.625. The SMILES string of the molecule is CCC(O)c1ccccc1NC(=O)c1ccc(F)cc1. The molecule has 0 aromatic heterocycles. The lowest BCUT2D eigenvalue weighted by Crippen LogP contribution is -2.14. The maximum Gasteiger partial charge on any atom is 0.255 e. The fourth-order valence-corrected chi connectivity index (χ4v) is 1.92. The topological polar surface area (TPSA) is 49.3 Å². The Balaban J connectivity index is 2.21. The van der Waals surface area contributed by atoms with Crippen LogP contribution in [0, 0.1) is 5.82 Å². The highest BCUT2D eigenvalue weighted by atomic mass is 19.1. The molecular formula is C16H16FNO2. The molecule has 0 fully saturated rings. The molecule has 0 spiro atoms. The molecule has 2 aromatic rings. The number of carbonyl (C=O) groups is 1. The molecule has 0 radical (unpaired) electrons. The maximum absolute atomic E-state index is 12.8. The summed E-state index contributed by atoms with van der Waals surface area (Å²) < 4.78 is 12.8. The molecule has 3 nitrogen and oxygen atoms in total. The van der Waals surface area contributed by atoms with Crippen LogP contribution < -0.4 is 5.32 Å². The Hall–Kier alpha value is -2.20. The van der Waals surface area contributed by atoms with Crippen molar-refractivity contribution in [3.05, 3.63) is 65.5 Å². The zero-order chi connectivity index (χ0) is 14.5. The molecule has 20 heavy (non-hydrogen) atoms. The summed E-state index contributed by atoms with van der Waals surface area (Å²) in [7, 11) is 0. The smallest absolute Gasteiger partial charge is 0.255 e. The van der Waals surface area contributed by atoms with Crippen molar-refractivity contribution < 1.29 is 14.3 Å². The predicted octanol–water partition coefficient (Wildman–Crippen LogP) is 3.52. The van der Waals surface area contributed by atoms with Gasteiger partial charge in [0.05, 0.1) is 6.10 Å². The standard InChI is InChI=1S/C16H16FNO2/c1-2-15(19)13-5-3-4-6-14(13)18-16(20)11-7-9-12(17)10-8-11/h3-10,15,19H,2H2,1H3,(H,18,20). The highest BCUT2D eigenvalue weighted by Crippen LogP contribution is 2.25. The van der Waals surface area contributed by atoms with Crippen molar-refractivity contribution in [2.45, 2.75) is 19.4 Å². The molecule has 1 atom stereocenters. The average Bonchev–Trinajstić information content (AvgIpc) is 2.47. The number of nitrogens with one attached hydrogen (secondary N) is 1. The van der Waals surface area contributed by atoms with Crippen LogP contribution in [0.2, 0.25) is 0 Å². The summed E-state index contributed by atoms with van der Waals surface area (Å²) in [5, 5.41) is 12.7. The number of aliphatic hydroxyl groups excluding tert-OH is 1. The van der Waals surface area contributed by atoms with Crippen LogP contribution >= 0.6 is 0 Å². The van der Waals surface area contributed by atoms with E-state index in [1.807, 2.05) is 13.0 Å². The third-order valence-electron chi connectivity index (χ3n) is 3.06. The fraction of sp³-hybridized carbons (Fsp3) is 0.188. The van der Waals surface area contributed by atoms with Crippen molar-refractivity contribution in [1.29, 1.82) is 0 Å². The lowest BCUT2D eigenvalue weighted by atomic mass is 10.0. The van der Waals surface area contributed by atoms with Gasteiger partial charge in [-0.05, 0) is 36.8 Å². The number of hydrogen-bond donors (Lipinski definition) is 2. The van der Waals surface area contributed by atoms with E-state index in [1.165, 1.54) is 24.3 Å². The van der Waals surface area contributed by atoms with Crippen molar-refractivity contribution in [3.8, 4) is 0 Å². The van der Waals surface area contributed by atoms with Gasteiger partial charge in [-0.3, -0.25) is 4.79 Å². The van der Waals surface area contributed by atoms with E-state index in [9.17, 15) is 14.3 Å². The third-order valence-corrected chi connectivity index (χ3v) is 3.06. The molecule has 2 aromatic carbocycles. The highest BCUT2D eigenvalue weighted by molar-refractivity contribution is 6.04. The van der Waals surface area contributed by atoms with E-state index in [0.29, 0.717) is 23.2 Å². The van der Waals surface area contributed by atoms with E-state index >= 15 is 0 Å². The van der Waals surface area contributed by atoms with Crippen LogP contribution in [-0.4, -0.2) is 11.0 Å². The number of anilines is 1. The Morgan fingerprint density at radius 3 is 2.50 bits per heavy atom. The van der Waals surface area contributed by atoms with Gasteiger partial charge >= 0.3 is 0 Å². The Labute approximate surface area is 117 Å². The summed E-state index contributed by atoms with van der Waals surface area (Å²) in [6.45, 7) is 1.86. The summed E-state index contributed by atoms with van der Waals surface area (Å²) in [6, 6.07) is 12.4. The first-order valence-electron chi connectivity index (χ1n) is 6.45. The van der Waals surface area contributed by atoms with Gasteiger partial charge in [0.15, 0.2) is 0 Å². The first-order chi connectivity index (χ1) is 9.61. The lowest BCUT2D eigenvalue weighted by molar-refractivity contribution is 0.102. The average molecular weight is 273 g/mol. The van der Waals surface area contributed by atoms with Gasteiger partial charge in [-0.25, -0.2) is 4.39 Å². The predicted molar refractivity (Wildman–Crippen MR) is 76.0 cm³/mol. The van der Waals surface area contributed by atoms with E-state index < -0.39 is 6.10 Å². The number of aliphatic hydroxyl groups is 1. The second-order valence-electron chi connectivity index (χ2n) is 4.47. The monoisotopic (exact) mass is 273 g/mol. The van der Waals surface area contributed by atoms with Crippen LogP contribution in [-0.2, 0) is 0 Å². The Morgan fingerprint density at radius 1 is 1.20 bits per heavy atom. The van der Waals surface area contributed by atoms with Gasteiger partial charge in [0.2, 0.25) is 0 Å².